The Kier molecular flexibility index (Phi) is 3.17. The molecule has 2 heterocycles. The smallest absolute Gasteiger partial charge is 0.161 e. The number of nitrogens with zero attached hydrogens (tertiary/aromatic N) is 2. The molecule has 0 spiro atoms. The lowest BCUT2D eigenvalue weighted by Crippen LogP contribution is -2.36. The predicted molar refractivity (Wildman–Crippen MR) is 60.6 cm³/mol. The minimum Gasteiger partial charge on any atom is -0.354 e. The first-order valence-corrected chi connectivity index (χ1v) is 5.53. The summed E-state index contributed by atoms with van der Waals surface area (Å²) >= 11 is 0. The van der Waals surface area contributed by atoms with E-state index < -0.39 is 6.17 Å². The molecule has 2 rings (SSSR count). The fourth-order valence-electron chi connectivity index (χ4n) is 1.91. The number of halogens is 1. The maximum atomic E-state index is 13.2. The van der Waals surface area contributed by atoms with Gasteiger partial charge in [0.1, 0.15) is 12.0 Å². The normalized spacial score (nSPS) is 20.9. The predicted octanol–water partition coefficient (Wildman–Crippen LogP) is 2.22. The van der Waals surface area contributed by atoms with Gasteiger partial charge in [-0.1, -0.05) is 0 Å². The van der Waals surface area contributed by atoms with Gasteiger partial charge in [0.25, 0.3) is 0 Å². The third-order valence-electron chi connectivity index (χ3n) is 2.84. The van der Waals surface area contributed by atoms with Gasteiger partial charge in [-0.05, 0) is 31.9 Å². The highest BCUT2D eigenvalue weighted by molar-refractivity contribution is 5.93. The molecular formula is C12H15FN2O. The Labute approximate surface area is 94.3 Å². The molecule has 1 aromatic rings. The number of hydrogen-bond acceptors (Lipinski definition) is 3. The first kappa shape index (κ1) is 11.0. The highest BCUT2D eigenvalue weighted by atomic mass is 19.1. The van der Waals surface area contributed by atoms with Crippen LogP contribution >= 0.6 is 0 Å². The highest BCUT2D eigenvalue weighted by Gasteiger charge is 2.19. The van der Waals surface area contributed by atoms with Crippen LogP contribution in [-0.4, -0.2) is 30.0 Å². The van der Waals surface area contributed by atoms with Crippen molar-refractivity contribution in [2.45, 2.75) is 25.9 Å². The zero-order valence-corrected chi connectivity index (χ0v) is 9.32. The molecule has 1 aliphatic rings. The Morgan fingerprint density at radius 1 is 1.56 bits per heavy atom. The number of Topliss-reactive ketones (excluding diaryl/α,β-unsaturated/α-hetero) is 1. The van der Waals surface area contributed by atoms with Gasteiger partial charge >= 0.3 is 0 Å². The van der Waals surface area contributed by atoms with E-state index in [1.54, 1.807) is 18.3 Å². The molecule has 3 nitrogen and oxygen atoms in total. The number of carbonyl (C=O) groups excluding carboxylic acids is 1. The molecule has 0 aromatic carbocycles. The van der Waals surface area contributed by atoms with E-state index in [4.69, 9.17) is 0 Å². The van der Waals surface area contributed by atoms with E-state index in [2.05, 4.69) is 4.98 Å². The van der Waals surface area contributed by atoms with Crippen LogP contribution in [0.1, 0.15) is 30.1 Å². The second kappa shape index (κ2) is 4.60. The lowest BCUT2D eigenvalue weighted by molar-refractivity contribution is 0.101. The number of anilines is 1. The van der Waals surface area contributed by atoms with Gasteiger partial charge in [-0.2, -0.15) is 0 Å². The molecule has 0 amide bonds. The number of alkyl halides is 1. The summed E-state index contributed by atoms with van der Waals surface area (Å²) < 4.78 is 13.2. The topological polar surface area (TPSA) is 33.2 Å². The molecule has 0 N–H and O–H groups in total. The van der Waals surface area contributed by atoms with Crippen LogP contribution in [0.2, 0.25) is 0 Å². The van der Waals surface area contributed by atoms with Crippen molar-refractivity contribution in [1.82, 2.24) is 4.98 Å². The van der Waals surface area contributed by atoms with Gasteiger partial charge < -0.3 is 4.90 Å². The van der Waals surface area contributed by atoms with Gasteiger partial charge in [0, 0.05) is 18.3 Å². The van der Waals surface area contributed by atoms with Crippen molar-refractivity contribution in [3.63, 3.8) is 0 Å². The van der Waals surface area contributed by atoms with Crippen LogP contribution in [-0.2, 0) is 0 Å². The number of pyridine rings is 1. The van der Waals surface area contributed by atoms with Crippen LogP contribution in [0.3, 0.4) is 0 Å². The molecule has 16 heavy (non-hydrogen) atoms. The summed E-state index contributed by atoms with van der Waals surface area (Å²) in [6.07, 6.45) is 2.29. The van der Waals surface area contributed by atoms with E-state index in [0.717, 1.165) is 18.8 Å². The van der Waals surface area contributed by atoms with Gasteiger partial charge in [0.15, 0.2) is 5.78 Å². The number of aromatic nitrogens is 1. The molecule has 0 radical (unpaired) electrons. The molecule has 1 fully saturated rings. The van der Waals surface area contributed by atoms with Gasteiger partial charge in [-0.25, -0.2) is 9.37 Å². The van der Waals surface area contributed by atoms with Crippen LogP contribution in [0.25, 0.3) is 0 Å². The molecule has 1 saturated heterocycles. The molecule has 4 heteroatoms. The van der Waals surface area contributed by atoms with Gasteiger partial charge in [0.05, 0.1) is 6.54 Å². The monoisotopic (exact) mass is 222 g/mol. The Bertz CT molecular complexity index is 377. The van der Waals surface area contributed by atoms with Crippen LogP contribution < -0.4 is 4.90 Å². The lowest BCUT2D eigenvalue weighted by atomic mass is 10.1. The molecule has 0 saturated carbocycles. The summed E-state index contributed by atoms with van der Waals surface area (Å²) in [4.78, 5) is 17.2. The Morgan fingerprint density at radius 3 is 2.94 bits per heavy atom. The SMILES string of the molecule is CC(=O)c1ccc(N2CCC[C@H](F)C2)nc1. The average Bonchev–Trinajstić information content (AvgIpc) is 2.29. The molecule has 0 bridgehead atoms. The Hall–Kier alpha value is -1.45. The third-order valence-corrected chi connectivity index (χ3v) is 2.84. The molecular weight excluding hydrogens is 207 g/mol. The summed E-state index contributed by atoms with van der Waals surface area (Å²) in [5, 5.41) is 0. The van der Waals surface area contributed by atoms with Crippen molar-refractivity contribution in [2.75, 3.05) is 18.0 Å². The summed E-state index contributed by atoms with van der Waals surface area (Å²) in [6.45, 7) is 2.76. The molecule has 86 valence electrons. The minimum absolute atomic E-state index is 0.000984. The van der Waals surface area contributed by atoms with Crippen LogP contribution in [0.5, 0.6) is 0 Å². The van der Waals surface area contributed by atoms with Crippen molar-refractivity contribution < 1.29 is 9.18 Å². The molecule has 0 aliphatic carbocycles. The second-order valence-electron chi connectivity index (χ2n) is 4.15. The van der Waals surface area contributed by atoms with Crippen LogP contribution in [0.15, 0.2) is 18.3 Å². The molecule has 1 aliphatic heterocycles. The largest absolute Gasteiger partial charge is 0.354 e. The van der Waals surface area contributed by atoms with Gasteiger partial charge in [-0.15, -0.1) is 0 Å². The molecule has 1 atom stereocenters. The van der Waals surface area contributed by atoms with Gasteiger partial charge in [-0.3, -0.25) is 4.79 Å². The lowest BCUT2D eigenvalue weighted by Gasteiger charge is -2.29. The van der Waals surface area contributed by atoms with Crippen LogP contribution in [0, 0.1) is 0 Å². The van der Waals surface area contributed by atoms with E-state index in [1.165, 1.54) is 6.92 Å². The van der Waals surface area contributed by atoms with Crippen molar-refractivity contribution in [2.24, 2.45) is 0 Å². The number of hydrogen-bond donors (Lipinski definition) is 0. The molecule has 1 aromatic heterocycles. The van der Waals surface area contributed by atoms with E-state index in [-0.39, 0.29) is 5.78 Å². The van der Waals surface area contributed by atoms with Crippen LogP contribution in [0.4, 0.5) is 10.2 Å². The number of piperidine rings is 1. The van der Waals surface area contributed by atoms with E-state index >= 15 is 0 Å². The van der Waals surface area contributed by atoms with Crippen molar-refractivity contribution in [1.29, 1.82) is 0 Å². The maximum absolute atomic E-state index is 13.2. The summed E-state index contributed by atoms with van der Waals surface area (Å²) in [6, 6.07) is 3.53. The third kappa shape index (κ3) is 2.38. The summed E-state index contributed by atoms with van der Waals surface area (Å²) in [7, 11) is 0. The Morgan fingerprint density at radius 2 is 2.38 bits per heavy atom. The minimum atomic E-state index is -0.761. The van der Waals surface area contributed by atoms with Crippen molar-refractivity contribution in [3.05, 3.63) is 23.9 Å². The number of ketones is 1. The summed E-state index contributed by atoms with van der Waals surface area (Å²) in [5.41, 5.74) is 0.595. The number of carbonyl (C=O) groups is 1. The van der Waals surface area contributed by atoms with Crippen molar-refractivity contribution >= 4 is 11.6 Å². The van der Waals surface area contributed by atoms with Gasteiger partial charge in [0.2, 0.25) is 0 Å². The van der Waals surface area contributed by atoms with E-state index in [9.17, 15) is 9.18 Å². The maximum Gasteiger partial charge on any atom is 0.161 e. The molecule has 0 unspecified atom stereocenters. The fraction of sp³-hybridized carbons (Fsp3) is 0.500. The fourth-order valence-corrected chi connectivity index (χ4v) is 1.91. The second-order valence-corrected chi connectivity index (χ2v) is 4.15. The zero-order valence-electron chi connectivity index (χ0n) is 9.32. The van der Waals surface area contributed by atoms with E-state index in [0.29, 0.717) is 18.5 Å². The zero-order chi connectivity index (χ0) is 11.5. The Balaban J connectivity index is 2.11. The first-order valence-electron chi connectivity index (χ1n) is 5.53. The quantitative estimate of drug-likeness (QED) is 0.719. The average molecular weight is 222 g/mol. The van der Waals surface area contributed by atoms with E-state index in [1.807, 2.05) is 4.90 Å². The van der Waals surface area contributed by atoms with Crippen molar-refractivity contribution in [3.8, 4) is 0 Å². The highest BCUT2D eigenvalue weighted by Crippen LogP contribution is 2.19. The number of rotatable bonds is 2. The summed E-state index contributed by atoms with van der Waals surface area (Å²) in [5.74, 6) is 0.758. The first-order chi connectivity index (χ1) is 7.66. The standard InChI is InChI=1S/C12H15FN2O/c1-9(16)10-4-5-12(14-7-10)15-6-2-3-11(13)8-15/h4-5,7,11H,2-3,6,8H2,1H3/t11-/m0/s1.